The van der Waals surface area contributed by atoms with E-state index in [-0.39, 0.29) is 18.5 Å². The quantitative estimate of drug-likeness (QED) is 0.740. The fraction of sp³-hybridized carbons (Fsp3) is 1.00. The van der Waals surface area contributed by atoms with E-state index in [0.717, 1.165) is 42.6 Å². The molecular formula is C20H36ClNO. The summed E-state index contributed by atoms with van der Waals surface area (Å²) < 4.78 is 0. The molecule has 0 aliphatic heterocycles. The van der Waals surface area contributed by atoms with E-state index in [1.54, 1.807) is 0 Å². The minimum atomic E-state index is -0.0105. The maximum atomic E-state index is 10.1. The van der Waals surface area contributed by atoms with Crippen LogP contribution >= 0.6 is 12.4 Å². The third-order valence-corrected chi connectivity index (χ3v) is 8.99. The first kappa shape index (κ1) is 18.0. The number of aliphatic hydroxyl groups is 1. The molecule has 4 aliphatic carbocycles. The Hall–Kier alpha value is 0.210. The lowest BCUT2D eigenvalue weighted by molar-refractivity contribution is -0.123. The monoisotopic (exact) mass is 341 g/mol. The molecule has 0 saturated heterocycles. The van der Waals surface area contributed by atoms with Crippen molar-refractivity contribution in [3.05, 3.63) is 0 Å². The van der Waals surface area contributed by atoms with E-state index < -0.39 is 0 Å². The molecule has 4 fully saturated rings. The highest BCUT2D eigenvalue weighted by atomic mass is 35.5. The summed E-state index contributed by atoms with van der Waals surface area (Å²) >= 11 is 0. The zero-order valence-corrected chi connectivity index (χ0v) is 16.0. The van der Waals surface area contributed by atoms with Gasteiger partial charge in [-0.1, -0.05) is 13.8 Å². The van der Waals surface area contributed by atoms with Crippen LogP contribution in [0.25, 0.3) is 0 Å². The average molecular weight is 342 g/mol. The second-order valence-corrected chi connectivity index (χ2v) is 9.55. The first-order chi connectivity index (χ1) is 10.5. The highest BCUT2D eigenvalue weighted by Crippen LogP contribution is 2.66. The number of hydrogen-bond acceptors (Lipinski definition) is 2. The highest BCUT2D eigenvalue weighted by Gasteiger charge is 2.59. The lowest BCUT2D eigenvalue weighted by atomic mass is 9.45. The molecule has 2 nitrogen and oxygen atoms in total. The summed E-state index contributed by atoms with van der Waals surface area (Å²) in [6.45, 7) is 5.18. The van der Waals surface area contributed by atoms with Crippen LogP contribution in [0.5, 0.6) is 0 Å². The predicted molar refractivity (Wildman–Crippen MR) is 97.8 cm³/mol. The minimum Gasteiger partial charge on any atom is -0.393 e. The molecule has 3 heteroatoms. The maximum Gasteiger partial charge on any atom is 0.0543 e. The molecule has 4 saturated carbocycles. The predicted octanol–water partition coefficient (Wildman–Crippen LogP) is 4.40. The van der Waals surface area contributed by atoms with E-state index in [0.29, 0.717) is 10.8 Å². The number of aliphatic hydroxyl groups excluding tert-OH is 1. The normalized spacial score (nSPS) is 55.3. The van der Waals surface area contributed by atoms with E-state index >= 15 is 0 Å². The third-order valence-electron chi connectivity index (χ3n) is 8.99. The molecular weight excluding hydrogens is 306 g/mol. The van der Waals surface area contributed by atoms with Gasteiger partial charge < -0.3 is 10.4 Å². The summed E-state index contributed by atoms with van der Waals surface area (Å²) in [4.78, 5) is 0. The van der Waals surface area contributed by atoms with Gasteiger partial charge in [0, 0.05) is 6.04 Å². The zero-order valence-electron chi connectivity index (χ0n) is 15.2. The van der Waals surface area contributed by atoms with Gasteiger partial charge in [-0.25, -0.2) is 0 Å². The Balaban J connectivity index is 0.00000156. The molecule has 0 spiro atoms. The van der Waals surface area contributed by atoms with Crippen LogP contribution in [0.1, 0.15) is 71.6 Å². The molecule has 2 N–H and O–H groups in total. The van der Waals surface area contributed by atoms with Crippen LogP contribution in [0.3, 0.4) is 0 Å². The van der Waals surface area contributed by atoms with Gasteiger partial charge in [0.25, 0.3) is 0 Å². The molecule has 0 heterocycles. The smallest absolute Gasteiger partial charge is 0.0543 e. The van der Waals surface area contributed by atoms with Gasteiger partial charge in [0.15, 0.2) is 0 Å². The largest absolute Gasteiger partial charge is 0.393 e. The van der Waals surface area contributed by atoms with Crippen LogP contribution in [0.2, 0.25) is 0 Å². The van der Waals surface area contributed by atoms with E-state index in [1.807, 2.05) is 0 Å². The van der Waals surface area contributed by atoms with Crippen LogP contribution in [-0.4, -0.2) is 24.3 Å². The number of rotatable bonds is 1. The second-order valence-electron chi connectivity index (χ2n) is 9.55. The fourth-order valence-corrected chi connectivity index (χ4v) is 7.71. The SMILES string of the molecule is CN[C@@H]1CC[C@H]2[C@@H]3CC[C@H]4C[C@@H](O)CC[C@]4(C)[C@H]3CC[C@]12C.Cl. The molecule has 23 heavy (non-hydrogen) atoms. The van der Waals surface area contributed by atoms with Gasteiger partial charge in [0.05, 0.1) is 6.10 Å². The average Bonchev–Trinajstić information content (AvgIpc) is 2.84. The van der Waals surface area contributed by atoms with Gasteiger partial charge in [0.1, 0.15) is 0 Å². The lowest BCUT2D eigenvalue weighted by Gasteiger charge is -2.61. The molecule has 0 aromatic rings. The standard InChI is InChI=1S/C20H35NO.ClH/c1-19-10-8-14(22)12-13(19)4-5-15-16-6-7-18(21-3)20(16,2)11-9-17(15)19;/h13-18,21-22H,4-12H2,1-3H3;1H/t13-,14-,15-,16-,17-,18+,19-,20-;/m0./s1. The van der Waals surface area contributed by atoms with Crippen molar-refractivity contribution in [3.63, 3.8) is 0 Å². The Morgan fingerprint density at radius 3 is 2.30 bits per heavy atom. The molecule has 0 aromatic carbocycles. The van der Waals surface area contributed by atoms with E-state index in [1.165, 1.54) is 44.9 Å². The number of hydrogen-bond donors (Lipinski definition) is 2. The van der Waals surface area contributed by atoms with Crippen molar-refractivity contribution >= 4 is 12.4 Å². The molecule has 0 radical (unpaired) electrons. The van der Waals surface area contributed by atoms with Crippen LogP contribution < -0.4 is 5.32 Å². The van der Waals surface area contributed by atoms with Gasteiger partial charge in [-0.05, 0) is 99.3 Å². The highest BCUT2D eigenvalue weighted by molar-refractivity contribution is 5.85. The number of fused-ring (bicyclic) bond motifs is 5. The van der Waals surface area contributed by atoms with Crippen molar-refractivity contribution in [3.8, 4) is 0 Å². The number of nitrogens with one attached hydrogen (secondary N) is 1. The first-order valence-electron chi connectivity index (χ1n) is 9.84. The summed E-state index contributed by atoms with van der Waals surface area (Å²) in [5.74, 6) is 3.65. The zero-order chi connectivity index (χ0) is 15.5. The topological polar surface area (TPSA) is 32.3 Å². The van der Waals surface area contributed by atoms with Crippen LogP contribution in [-0.2, 0) is 0 Å². The second kappa shape index (κ2) is 6.18. The van der Waals surface area contributed by atoms with Crippen molar-refractivity contribution in [1.82, 2.24) is 5.32 Å². The van der Waals surface area contributed by atoms with Crippen molar-refractivity contribution in [1.29, 1.82) is 0 Å². The molecule has 0 unspecified atom stereocenters. The van der Waals surface area contributed by atoms with Crippen molar-refractivity contribution in [2.75, 3.05) is 7.05 Å². The van der Waals surface area contributed by atoms with Crippen LogP contribution in [0.4, 0.5) is 0 Å². The van der Waals surface area contributed by atoms with Gasteiger partial charge in [-0.15, -0.1) is 12.4 Å². The van der Waals surface area contributed by atoms with Crippen molar-refractivity contribution in [2.24, 2.45) is 34.5 Å². The summed E-state index contributed by atoms with van der Waals surface area (Å²) in [6.07, 6.45) is 11.9. The van der Waals surface area contributed by atoms with Gasteiger partial charge in [0.2, 0.25) is 0 Å². The van der Waals surface area contributed by atoms with Gasteiger partial charge >= 0.3 is 0 Å². The van der Waals surface area contributed by atoms with E-state index in [9.17, 15) is 5.11 Å². The Labute approximate surface area is 148 Å². The van der Waals surface area contributed by atoms with E-state index in [2.05, 4.69) is 26.2 Å². The molecule has 4 rings (SSSR count). The lowest BCUT2D eigenvalue weighted by Crippen LogP contribution is -2.55. The van der Waals surface area contributed by atoms with Crippen LogP contribution in [0.15, 0.2) is 0 Å². The molecule has 134 valence electrons. The van der Waals surface area contributed by atoms with Crippen molar-refractivity contribution < 1.29 is 5.11 Å². The minimum absolute atomic E-state index is 0. The van der Waals surface area contributed by atoms with Crippen LogP contribution in [0, 0.1) is 34.5 Å². The Morgan fingerprint density at radius 2 is 1.57 bits per heavy atom. The summed E-state index contributed by atoms with van der Waals surface area (Å²) in [6, 6.07) is 0.747. The van der Waals surface area contributed by atoms with E-state index in [4.69, 9.17) is 0 Å². The Morgan fingerprint density at radius 1 is 0.870 bits per heavy atom. The molecule has 0 amide bonds. The first-order valence-corrected chi connectivity index (χ1v) is 9.84. The molecule has 8 atom stereocenters. The number of halogens is 1. The molecule has 0 bridgehead atoms. The fourth-order valence-electron chi connectivity index (χ4n) is 7.71. The Bertz CT molecular complexity index is 443. The van der Waals surface area contributed by atoms with Crippen molar-refractivity contribution in [2.45, 2.75) is 83.8 Å². The molecule has 0 aromatic heterocycles. The van der Waals surface area contributed by atoms with Gasteiger partial charge in [-0.2, -0.15) is 0 Å². The molecule has 4 aliphatic rings. The van der Waals surface area contributed by atoms with Gasteiger partial charge in [-0.3, -0.25) is 0 Å². The summed E-state index contributed by atoms with van der Waals surface area (Å²) in [5, 5.41) is 13.7. The summed E-state index contributed by atoms with van der Waals surface area (Å²) in [7, 11) is 2.17. The third kappa shape index (κ3) is 2.50. The maximum absolute atomic E-state index is 10.1. The Kier molecular flexibility index (Phi) is 4.84. The summed E-state index contributed by atoms with van der Waals surface area (Å²) in [5.41, 5.74) is 1.08.